The maximum absolute atomic E-state index is 12.5. The first-order valence-corrected chi connectivity index (χ1v) is 9.83. The average Bonchev–Trinajstić information content (AvgIpc) is 3.41. The van der Waals surface area contributed by atoms with Crippen LogP contribution < -0.4 is 5.32 Å². The predicted molar refractivity (Wildman–Crippen MR) is 106 cm³/mol. The van der Waals surface area contributed by atoms with E-state index in [0.717, 1.165) is 40.8 Å². The molecular weight excluding hydrogens is 358 g/mol. The summed E-state index contributed by atoms with van der Waals surface area (Å²) in [6.45, 7) is 0. The van der Waals surface area contributed by atoms with Crippen molar-refractivity contribution in [3.63, 3.8) is 0 Å². The highest BCUT2D eigenvalue weighted by molar-refractivity contribution is 7.14. The molecule has 4 aromatic rings. The van der Waals surface area contributed by atoms with Crippen molar-refractivity contribution in [3.8, 4) is 11.4 Å². The van der Waals surface area contributed by atoms with Crippen LogP contribution in [0, 0.1) is 0 Å². The Hall–Kier alpha value is -2.99. The number of hydrogen-bond donors (Lipinski definition) is 1. The van der Waals surface area contributed by atoms with Gasteiger partial charge in [0.15, 0.2) is 5.13 Å². The van der Waals surface area contributed by atoms with E-state index in [1.54, 1.807) is 12.5 Å². The number of carbonyl (C=O) groups excluding carboxylic acids is 1. The molecule has 0 saturated heterocycles. The van der Waals surface area contributed by atoms with Crippen LogP contribution in [0.15, 0.2) is 52.6 Å². The van der Waals surface area contributed by atoms with E-state index >= 15 is 0 Å². The third kappa shape index (κ3) is 3.13. The van der Waals surface area contributed by atoms with Crippen LogP contribution in [-0.2, 0) is 24.1 Å². The van der Waals surface area contributed by atoms with Gasteiger partial charge in [-0.05, 0) is 54.7 Å². The summed E-state index contributed by atoms with van der Waals surface area (Å²) in [5, 5.41) is 6.40. The highest BCUT2D eigenvalue weighted by Crippen LogP contribution is 2.31. The van der Waals surface area contributed by atoms with E-state index in [-0.39, 0.29) is 12.3 Å². The number of pyridine rings is 1. The fourth-order valence-corrected chi connectivity index (χ4v) is 4.30. The summed E-state index contributed by atoms with van der Waals surface area (Å²) in [6, 6.07) is 9.99. The Balaban J connectivity index is 1.33. The fraction of sp³-hybridized carbons (Fsp3) is 0.190. The number of aromatic nitrogens is 2. The molecule has 1 N–H and O–H groups in total. The Morgan fingerprint density at radius 1 is 1.19 bits per heavy atom. The molecule has 5 rings (SSSR count). The topological polar surface area (TPSA) is 68.0 Å². The van der Waals surface area contributed by atoms with Crippen molar-refractivity contribution in [2.24, 2.45) is 0 Å². The van der Waals surface area contributed by atoms with Crippen LogP contribution in [0.5, 0.6) is 0 Å². The fourth-order valence-electron chi connectivity index (χ4n) is 3.58. The van der Waals surface area contributed by atoms with Crippen molar-refractivity contribution in [3.05, 3.63) is 64.9 Å². The normalized spacial score (nSPS) is 13.0. The molecule has 1 aliphatic rings. The molecule has 3 aromatic heterocycles. The lowest BCUT2D eigenvalue weighted by molar-refractivity contribution is -0.115. The summed E-state index contributed by atoms with van der Waals surface area (Å²) in [5.74, 6) is -0.0971. The predicted octanol–water partition coefficient (Wildman–Crippen LogP) is 4.62. The molecule has 1 aromatic carbocycles. The second kappa shape index (κ2) is 6.63. The maximum atomic E-state index is 12.5. The van der Waals surface area contributed by atoms with Crippen molar-refractivity contribution in [1.29, 1.82) is 0 Å². The Labute approximate surface area is 160 Å². The van der Waals surface area contributed by atoms with E-state index in [1.165, 1.54) is 28.9 Å². The maximum Gasteiger partial charge on any atom is 0.230 e. The van der Waals surface area contributed by atoms with Crippen LogP contribution >= 0.6 is 11.3 Å². The van der Waals surface area contributed by atoms with E-state index in [4.69, 9.17) is 4.42 Å². The van der Waals surface area contributed by atoms with E-state index in [0.29, 0.717) is 5.13 Å². The van der Waals surface area contributed by atoms with Gasteiger partial charge in [0.25, 0.3) is 0 Å². The first kappa shape index (κ1) is 16.2. The number of hydrogen-bond acceptors (Lipinski definition) is 5. The summed E-state index contributed by atoms with van der Waals surface area (Å²) in [7, 11) is 0. The van der Waals surface area contributed by atoms with Crippen LogP contribution in [0.3, 0.4) is 0 Å². The largest absolute Gasteiger partial charge is 0.464 e. The summed E-state index contributed by atoms with van der Waals surface area (Å²) in [5.41, 5.74) is 6.09. The van der Waals surface area contributed by atoms with Crippen LogP contribution in [0.1, 0.15) is 23.1 Å². The zero-order valence-electron chi connectivity index (χ0n) is 14.6. The number of benzene rings is 1. The Morgan fingerprint density at radius 3 is 2.93 bits per heavy atom. The zero-order chi connectivity index (χ0) is 18.2. The zero-order valence-corrected chi connectivity index (χ0v) is 15.4. The summed E-state index contributed by atoms with van der Waals surface area (Å²) in [6.07, 6.45) is 7.11. The van der Waals surface area contributed by atoms with Gasteiger partial charge in [0.2, 0.25) is 5.91 Å². The molecule has 27 heavy (non-hydrogen) atoms. The standard InChI is InChI=1S/C21H17N3O2S/c25-20(24-21-23-18(12-27-21)17-6-1-2-7-22-17)10-15-11-26-19-9-14-5-3-4-13(14)8-16(15)19/h1-2,6-9,11-12H,3-5,10H2,(H,23,24,25). The minimum Gasteiger partial charge on any atom is -0.464 e. The number of nitrogens with one attached hydrogen (secondary N) is 1. The lowest BCUT2D eigenvalue weighted by Gasteiger charge is -2.02. The molecule has 1 aliphatic carbocycles. The van der Waals surface area contributed by atoms with Gasteiger partial charge in [0.1, 0.15) is 11.3 Å². The van der Waals surface area contributed by atoms with Gasteiger partial charge in [-0.2, -0.15) is 0 Å². The molecule has 5 nitrogen and oxygen atoms in total. The van der Waals surface area contributed by atoms with Crippen molar-refractivity contribution in [1.82, 2.24) is 9.97 Å². The number of amides is 1. The van der Waals surface area contributed by atoms with Crippen molar-refractivity contribution in [2.45, 2.75) is 25.7 Å². The second-order valence-corrected chi connectivity index (χ2v) is 7.57. The van der Waals surface area contributed by atoms with Crippen LogP contribution in [0.25, 0.3) is 22.4 Å². The van der Waals surface area contributed by atoms with E-state index in [9.17, 15) is 4.79 Å². The van der Waals surface area contributed by atoms with Gasteiger partial charge < -0.3 is 9.73 Å². The van der Waals surface area contributed by atoms with E-state index in [1.807, 2.05) is 23.6 Å². The minimum absolute atomic E-state index is 0.0971. The number of nitrogens with zero attached hydrogens (tertiary/aromatic N) is 2. The molecule has 0 bridgehead atoms. The molecule has 3 heterocycles. The van der Waals surface area contributed by atoms with Gasteiger partial charge in [0.05, 0.1) is 18.4 Å². The van der Waals surface area contributed by atoms with Gasteiger partial charge >= 0.3 is 0 Å². The van der Waals surface area contributed by atoms with Gasteiger partial charge in [-0.25, -0.2) is 4.98 Å². The molecular formula is C21H17N3O2S. The minimum atomic E-state index is -0.0971. The quantitative estimate of drug-likeness (QED) is 0.565. The molecule has 0 saturated carbocycles. The lowest BCUT2D eigenvalue weighted by Crippen LogP contribution is -2.14. The second-order valence-electron chi connectivity index (χ2n) is 6.71. The van der Waals surface area contributed by atoms with Crippen LogP contribution in [-0.4, -0.2) is 15.9 Å². The van der Waals surface area contributed by atoms with Gasteiger partial charge in [-0.15, -0.1) is 11.3 Å². The third-order valence-corrected chi connectivity index (χ3v) is 5.65. The van der Waals surface area contributed by atoms with Gasteiger partial charge in [0, 0.05) is 22.5 Å². The highest BCUT2D eigenvalue weighted by Gasteiger charge is 2.17. The molecule has 134 valence electrons. The van der Waals surface area contributed by atoms with Crippen molar-refractivity contribution in [2.75, 3.05) is 5.32 Å². The molecule has 0 unspecified atom stereocenters. The molecule has 0 aliphatic heterocycles. The third-order valence-electron chi connectivity index (χ3n) is 4.90. The number of aryl methyl sites for hydroxylation is 2. The first-order valence-electron chi connectivity index (χ1n) is 8.95. The monoisotopic (exact) mass is 375 g/mol. The summed E-state index contributed by atoms with van der Waals surface area (Å²) < 4.78 is 5.69. The highest BCUT2D eigenvalue weighted by atomic mass is 32.1. The van der Waals surface area contributed by atoms with Gasteiger partial charge in [-0.1, -0.05) is 6.07 Å². The van der Waals surface area contributed by atoms with Crippen LogP contribution in [0.4, 0.5) is 5.13 Å². The Kier molecular flexibility index (Phi) is 3.98. The molecule has 0 spiro atoms. The molecule has 0 fully saturated rings. The number of carbonyl (C=O) groups is 1. The number of rotatable bonds is 4. The smallest absolute Gasteiger partial charge is 0.230 e. The molecule has 1 amide bonds. The SMILES string of the molecule is O=C(Cc1coc2cc3c(cc12)CCC3)Nc1nc(-c2ccccn2)cs1. The first-order chi connectivity index (χ1) is 13.3. The number of thiazole rings is 1. The van der Waals surface area contributed by atoms with Gasteiger partial charge in [-0.3, -0.25) is 9.78 Å². The summed E-state index contributed by atoms with van der Waals surface area (Å²) >= 11 is 1.40. The van der Waals surface area contributed by atoms with Crippen molar-refractivity contribution >= 4 is 33.3 Å². The van der Waals surface area contributed by atoms with Crippen molar-refractivity contribution < 1.29 is 9.21 Å². The molecule has 6 heteroatoms. The van der Waals surface area contributed by atoms with Crippen LogP contribution in [0.2, 0.25) is 0 Å². The number of anilines is 1. The average molecular weight is 375 g/mol. The molecule has 0 atom stereocenters. The Morgan fingerprint density at radius 2 is 2.07 bits per heavy atom. The molecule has 0 radical (unpaired) electrons. The number of fused-ring (bicyclic) bond motifs is 2. The number of furan rings is 1. The van der Waals surface area contributed by atoms with E-state index in [2.05, 4.69) is 27.4 Å². The summed E-state index contributed by atoms with van der Waals surface area (Å²) in [4.78, 5) is 21.2. The Bertz CT molecular complexity index is 1130. The van der Waals surface area contributed by atoms with E-state index < -0.39 is 0 Å². The lowest BCUT2D eigenvalue weighted by atomic mass is 10.0.